The number of sulfone groups is 1. The molecule has 0 saturated carbocycles. The number of amides is 1. The molecule has 146 valence electrons. The van der Waals surface area contributed by atoms with Crippen molar-refractivity contribution in [1.82, 2.24) is 0 Å². The van der Waals surface area contributed by atoms with Crippen LogP contribution in [0.3, 0.4) is 0 Å². The molecular weight excluding hydrogens is 407 g/mol. The zero-order valence-electron chi connectivity index (χ0n) is 14.1. The summed E-state index contributed by atoms with van der Waals surface area (Å²) in [5.41, 5.74) is -3.04. The molecule has 2 aromatic rings. The van der Waals surface area contributed by atoms with E-state index in [1.807, 2.05) is 5.32 Å². The van der Waals surface area contributed by atoms with Crippen molar-refractivity contribution in [3.8, 4) is 0 Å². The van der Waals surface area contributed by atoms with Gasteiger partial charge in [0.15, 0.2) is 0 Å². The monoisotopic (exact) mass is 421 g/mol. The molecule has 0 aliphatic carbocycles. The first-order valence-corrected chi connectivity index (χ1v) is 9.35. The van der Waals surface area contributed by atoms with E-state index in [9.17, 15) is 31.5 Å². The Morgan fingerprint density at radius 1 is 1.07 bits per heavy atom. The molecule has 5 nitrogen and oxygen atoms in total. The Morgan fingerprint density at radius 2 is 1.59 bits per heavy atom. The SMILES string of the molecule is Cc1ccc(S(=O)(=O)c2ccc(NC(=O)[C@@](C)(O)C(F)(F)F)c(Cl)c2)cc1. The summed E-state index contributed by atoms with van der Waals surface area (Å²) in [6, 6.07) is 9.20. The Labute approximate surface area is 158 Å². The van der Waals surface area contributed by atoms with Gasteiger partial charge in [-0.15, -0.1) is 0 Å². The van der Waals surface area contributed by atoms with Crippen LogP contribution in [-0.2, 0) is 14.6 Å². The third kappa shape index (κ3) is 4.26. The molecule has 2 N–H and O–H groups in total. The molecule has 0 saturated heterocycles. The third-order valence-corrected chi connectivity index (χ3v) is 5.90. The second kappa shape index (κ2) is 7.14. The van der Waals surface area contributed by atoms with Crippen LogP contribution in [0.15, 0.2) is 52.3 Å². The predicted octanol–water partition coefficient (Wildman–Crippen LogP) is 3.73. The van der Waals surface area contributed by atoms with Crippen molar-refractivity contribution in [3.63, 3.8) is 0 Å². The number of rotatable bonds is 4. The van der Waals surface area contributed by atoms with Crippen LogP contribution >= 0.6 is 11.6 Å². The maximum Gasteiger partial charge on any atom is 0.426 e. The molecule has 0 fully saturated rings. The quantitative estimate of drug-likeness (QED) is 0.787. The first-order valence-electron chi connectivity index (χ1n) is 7.48. The van der Waals surface area contributed by atoms with Crippen LogP contribution in [0.5, 0.6) is 0 Å². The number of benzene rings is 2. The predicted molar refractivity (Wildman–Crippen MR) is 93.4 cm³/mol. The highest BCUT2D eigenvalue weighted by molar-refractivity contribution is 7.91. The summed E-state index contributed by atoms with van der Waals surface area (Å²) in [5.74, 6) is -1.74. The highest BCUT2D eigenvalue weighted by Crippen LogP contribution is 2.33. The second-order valence-corrected chi connectivity index (χ2v) is 8.34. The summed E-state index contributed by atoms with van der Waals surface area (Å²) >= 11 is 5.91. The zero-order chi connectivity index (χ0) is 20.6. The smallest absolute Gasteiger partial charge is 0.373 e. The number of carbonyl (C=O) groups excluding carboxylic acids is 1. The minimum atomic E-state index is -5.20. The number of aliphatic hydroxyl groups is 1. The van der Waals surface area contributed by atoms with E-state index < -0.39 is 27.5 Å². The molecule has 0 bridgehead atoms. The van der Waals surface area contributed by atoms with Crippen molar-refractivity contribution in [2.45, 2.75) is 35.4 Å². The highest BCUT2D eigenvalue weighted by atomic mass is 35.5. The van der Waals surface area contributed by atoms with Crippen molar-refractivity contribution >= 4 is 33.0 Å². The van der Waals surface area contributed by atoms with Gasteiger partial charge >= 0.3 is 6.18 Å². The number of hydrogen-bond donors (Lipinski definition) is 2. The fourth-order valence-electron chi connectivity index (χ4n) is 1.99. The lowest BCUT2D eigenvalue weighted by Gasteiger charge is -2.25. The van der Waals surface area contributed by atoms with Gasteiger partial charge in [0.25, 0.3) is 5.91 Å². The van der Waals surface area contributed by atoms with Gasteiger partial charge in [0.1, 0.15) is 0 Å². The van der Waals surface area contributed by atoms with Crippen molar-refractivity contribution in [2.75, 3.05) is 5.32 Å². The van der Waals surface area contributed by atoms with Gasteiger partial charge in [-0.25, -0.2) is 8.42 Å². The van der Waals surface area contributed by atoms with Crippen LogP contribution < -0.4 is 5.32 Å². The number of anilines is 1. The number of hydrogen-bond acceptors (Lipinski definition) is 4. The lowest BCUT2D eigenvalue weighted by atomic mass is 10.1. The van der Waals surface area contributed by atoms with Gasteiger partial charge in [-0.2, -0.15) is 13.2 Å². The summed E-state index contributed by atoms with van der Waals surface area (Å²) in [6.07, 6.45) is -5.20. The molecular formula is C17H15ClF3NO4S. The average Bonchev–Trinajstić information content (AvgIpc) is 2.55. The summed E-state index contributed by atoms with van der Waals surface area (Å²) < 4.78 is 63.3. The van der Waals surface area contributed by atoms with Gasteiger partial charge in [0, 0.05) is 0 Å². The lowest BCUT2D eigenvalue weighted by Crippen LogP contribution is -2.52. The number of nitrogens with one attached hydrogen (secondary N) is 1. The second-order valence-electron chi connectivity index (χ2n) is 5.98. The Bertz CT molecular complexity index is 971. The van der Waals surface area contributed by atoms with Gasteiger partial charge in [-0.05, 0) is 44.2 Å². The summed E-state index contributed by atoms with van der Waals surface area (Å²) in [5, 5.41) is 10.9. The van der Waals surface area contributed by atoms with E-state index in [0.29, 0.717) is 6.92 Å². The van der Waals surface area contributed by atoms with E-state index >= 15 is 0 Å². The molecule has 1 amide bonds. The van der Waals surface area contributed by atoms with E-state index in [-0.39, 0.29) is 20.5 Å². The summed E-state index contributed by atoms with van der Waals surface area (Å²) in [6.45, 7) is 2.09. The number of alkyl halides is 3. The van der Waals surface area contributed by atoms with E-state index in [4.69, 9.17) is 11.6 Å². The molecule has 0 heterocycles. The number of halogens is 4. The van der Waals surface area contributed by atoms with Crippen LogP contribution in [0.1, 0.15) is 12.5 Å². The molecule has 0 unspecified atom stereocenters. The first-order chi connectivity index (χ1) is 12.3. The van der Waals surface area contributed by atoms with Crippen LogP contribution in [0, 0.1) is 6.92 Å². The van der Waals surface area contributed by atoms with E-state index in [1.165, 1.54) is 12.1 Å². The van der Waals surface area contributed by atoms with Gasteiger partial charge in [-0.1, -0.05) is 29.3 Å². The third-order valence-electron chi connectivity index (χ3n) is 3.82. The minimum absolute atomic E-state index is 0.0148. The average molecular weight is 422 g/mol. The van der Waals surface area contributed by atoms with Crippen LogP contribution in [0.25, 0.3) is 0 Å². The van der Waals surface area contributed by atoms with E-state index in [0.717, 1.165) is 23.8 Å². The zero-order valence-corrected chi connectivity index (χ0v) is 15.7. The Morgan fingerprint density at radius 3 is 2.07 bits per heavy atom. The molecule has 0 aliphatic heterocycles. The largest absolute Gasteiger partial charge is 0.426 e. The Balaban J connectivity index is 2.33. The molecule has 2 aromatic carbocycles. The molecule has 0 spiro atoms. The molecule has 0 radical (unpaired) electrons. The topological polar surface area (TPSA) is 83.5 Å². The minimum Gasteiger partial charge on any atom is -0.373 e. The van der Waals surface area contributed by atoms with Gasteiger partial charge < -0.3 is 10.4 Å². The molecule has 2 rings (SSSR count). The molecule has 0 aromatic heterocycles. The summed E-state index contributed by atoms with van der Waals surface area (Å²) in [7, 11) is -3.90. The van der Waals surface area contributed by atoms with E-state index in [1.54, 1.807) is 19.1 Å². The van der Waals surface area contributed by atoms with Gasteiger partial charge in [-0.3, -0.25) is 4.79 Å². The molecule has 0 aliphatic rings. The van der Waals surface area contributed by atoms with Crippen molar-refractivity contribution in [2.24, 2.45) is 0 Å². The maximum absolute atomic E-state index is 12.7. The first kappa shape index (κ1) is 21.2. The normalized spacial score (nSPS) is 14.5. The van der Waals surface area contributed by atoms with Crippen molar-refractivity contribution in [3.05, 3.63) is 53.1 Å². The van der Waals surface area contributed by atoms with Crippen molar-refractivity contribution < 1.29 is 31.5 Å². The fourth-order valence-corrected chi connectivity index (χ4v) is 3.57. The van der Waals surface area contributed by atoms with Crippen LogP contribution in [-0.4, -0.2) is 31.2 Å². The van der Waals surface area contributed by atoms with Crippen LogP contribution in [0.2, 0.25) is 5.02 Å². The lowest BCUT2D eigenvalue weighted by molar-refractivity contribution is -0.242. The maximum atomic E-state index is 12.7. The van der Waals surface area contributed by atoms with E-state index in [2.05, 4.69) is 0 Å². The Hall–Kier alpha value is -2.10. The molecule has 1 atom stereocenters. The number of aryl methyl sites for hydroxylation is 1. The molecule has 27 heavy (non-hydrogen) atoms. The Kier molecular flexibility index (Phi) is 5.61. The molecule has 10 heteroatoms. The standard InChI is InChI=1S/C17H15ClF3NO4S/c1-10-3-5-11(6-4-10)27(25,26)12-7-8-14(13(18)9-12)22-15(23)16(2,24)17(19,20)21/h3-9,24H,1-2H3,(H,22,23)/t16-/m1/s1. The van der Waals surface area contributed by atoms with Crippen LogP contribution in [0.4, 0.5) is 18.9 Å². The van der Waals surface area contributed by atoms with Crippen molar-refractivity contribution in [1.29, 1.82) is 0 Å². The van der Waals surface area contributed by atoms with Gasteiger partial charge in [0.2, 0.25) is 15.4 Å². The van der Waals surface area contributed by atoms with Gasteiger partial charge in [0.05, 0.1) is 20.5 Å². The summed E-state index contributed by atoms with van der Waals surface area (Å²) in [4.78, 5) is 11.5. The highest BCUT2D eigenvalue weighted by Gasteiger charge is 2.55. The fraction of sp³-hybridized carbons (Fsp3) is 0.235. The number of carbonyl (C=O) groups is 1.